The van der Waals surface area contributed by atoms with Crippen LogP contribution in [0.2, 0.25) is 0 Å². The fraction of sp³-hybridized carbons (Fsp3) is 0.750. The van der Waals surface area contributed by atoms with Gasteiger partial charge in [0.25, 0.3) is 0 Å². The average molecular weight is 238 g/mol. The lowest BCUT2D eigenvalue weighted by molar-refractivity contribution is 0.0607. The maximum atomic E-state index is 5.76. The molecule has 96 valence electrons. The number of ether oxygens (including phenoxy) is 1. The van der Waals surface area contributed by atoms with Crippen molar-refractivity contribution in [2.24, 2.45) is 11.8 Å². The van der Waals surface area contributed by atoms with E-state index < -0.39 is 0 Å². The number of nitrogens with zero attached hydrogens (tertiary/aromatic N) is 2. The Balaban J connectivity index is 2.10. The third-order valence-corrected chi connectivity index (χ3v) is 3.42. The first-order chi connectivity index (χ1) is 8.26. The first-order valence-corrected chi connectivity index (χ1v) is 6.36. The van der Waals surface area contributed by atoms with E-state index in [1.807, 2.05) is 10.9 Å². The van der Waals surface area contributed by atoms with Crippen molar-refractivity contribution in [2.45, 2.75) is 45.4 Å². The molecule has 17 heavy (non-hydrogen) atoms. The van der Waals surface area contributed by atoms with E-state index in [0.29, 0.717) is 5.92 Å². The largest absolute Gasteiger partial charge is 0.376 e. The first-order valence-electron chi connectivity index (χ1n) is 6.36. The molecule has 1 fully saturated rings. The summed E-state index contributed by atoms with van der Waals surface area (Å²) >= 11 is 0. The highest BCUT2D eigenvalue weighted by Gasteiger charge is 2.33. The highest BCUT2D eigenvalue weighted by molar-refractivity contribution is 5.13. The van der Waals surface area contributed by atoms with Gasteiger partial charge in [-0.3, -0.25) is 16.0 Å². The van der Waals surface area contributed by atoms with Gasteiger partial charge < -0.3 is 4.74 Å². The van der Waals surface area contributed by atoms with E-state index in [2.05, 4.69) is 30.6 Å². The van der Waals surface area contributed by atoms with Gasteiger partial charge in [0.1, 0.15) is 0 Å². The fourth-order valence-electron chi connectivity index (χ4n) is 2.42. The molecule has 0 aromatic carbocycles. The SMILES string of the molecule is CCCn1cc(C(NN)C2OCCC2C)cn1. The number of aryl methyl sites for hydroxylation is 1. The van der Waals surface area contributed by atoms with E-state index in [1.54, 1.807) is 0 Å². The maximum Gasteiger partial charge on any atom is 0.0810 e. The maximum absolute atomic E-state index is 5.76. The third-order valence-electron chi connectivity index (χ3n) is 3.42. The number of hydrogen-bond donors (Lipinski definition) is 2. The summed E-state index contributed by atoms with van der Waals surface area (Å²) in [6.45, 7) is 6.12. The Morgan fingerprint density at radius 3 is 3.12 bits per heavy atom. The van der Waals surface area contributed by atoms with Gasteiger partial charge in [0.2, 0.25) is 0 Å². The van der Waals surface area contributed by atoms with Crippen LogP contribution in [0.1, 0.15) is 38.3 Å². The van der Waals surface area contributed by atoms with Gasteiger partial charge in [0.05, 0.1) is 18.3 Å². The third kappa shape index (κ3) is 2.68. The molecule has 5 nitrogen and oxygen atoms in total. The molecule has 0 spiro atoms. The van der Waals surface area contributed by atoms with Crippen LogP contribution in [-0.4, -0.2) is 22.5 Å². The van der Waals surface area contributed by atoms with E-state index >= 15 is 0 Å². The zero-order valence-electron chi connectivity index (χ0n) is 10.6. The minimum atomic E-state index is 0.0399. The Labute approximate surface area is 102 Å². The molecule has 3 atom stereocenters. The zero-order valence-corrected chi connectivity index (χ0v) is 10.6. The molecule has 0 bridgehead atoms. The predicted octanol–water partition coefficient (Wildman–Crippen LogP) is 1.22. The topological polar surface area (TPSA) is 65.1 Å². The standard InChI is InChI=1S/C12H22N4O/c1-3-5-16-8-10(7-14-16)11(15-13)12-9(2)4-6-17-12/h7-9,11-12,15H,3-6,13H2,1-2H3. The number of hydrazine groups is 1. The van der Waals surface area contributed by atoms with Gasteiger partial charge in [0.15, 0.2) is 0 Å². The van der Waals surface area contributed by atoms with Crippen LogP contribution in [0.4, 0.5) is 0 Å². The van der Waals surface area contributed by atoms with Crippen molar-refractivity contribution < 1.29 is 4.74 Å². The van der Waals surface area contributed by atoms with Crippen molar-refractivity contribution in [3.05, 3.63) is 18.0 Å². The average Bonchev–Trinajstić information content (AvgIpc) is 2.92. The molecule has 0 aliphatic carbocycles. The summed E-state index contributed by atoms with van der Waals surface area (Å²) in [5, 5.41) is 4.34. The number of hydrogen-bond acceptors (Lipinski definition) is 4. The summed E-state index contributed by atoms with van der Waals surface area (Å²) in [6.07, 6.45) is 6.28. The molecule has 1 aliphatic heterocycles. The quantitative estimate of drug-likeness (QED) is 0.598. The molecule has 1 aliphatic rings. The van der Waals surface area contributed by atoms with Gasteiger partial charge in [-0.25, -0.2) is 0 Å². The van der Waals surface area contributed by atoms with Crippen LogP contribution < -0.4 is 11.3 Å². The first kappa shape index (κ1) is 12.5. The molecule has 1 aromatic rings. The molecule has 1 aromatic heterocycles. The summed E-state index contributed by atoms with van der Waals surface area (Å²) in [6, 6.07) is 0.0399. The highest BCUT2D eigenvalue weighted by Crippen LogP contribution is 2.30. The normalized spacial score (nSPS) is 26.3. The van der Waals surface area contributed by atoms with Crippen molar-refractivity contribution in [3.8, 4) is 0 Å². The van der Waals surface area contributed by atoms with Gasteiger partial charge >= 0.3 is 0 Å². The summed E-state index contributed by atoms with van der Waals surface area (Å²) in [7, 11) is 0. The van der Waals surface area contributed by atoms with Crippen molar-refractivity contribution in [1.82, 2.24) is 15.2 Å². The van der Waals surface area contributed by atoms with Crippen LogP contribution in [0.15, 0.2) is 12.4 Å². The summed E-state index contributed by atoms with van der Waals surface area (Å²) in [5.74, 6) is 6.20. The molecule has 1 saturated heterocycles. The molecule has 2 rings (SSSR count). The molecule has 0 radical (unpaired) electrons. The Kier molecular flexibility index (Phi) is 4.15. The Bertz CT molecular complexity index is 352. The van der Waals surface area contributed by atoms with Crippen molar-refractivity contribution >= 4 is 0 Å². The highest BCUT2D eigenvalue weighted by atomic mass is 16.5. The van der Waals surface area contributed by atoms with Crippen LogP contribution in [0.25, 0.3) is 0 Å². The number of nitrogens with one attached hydrogen (secondary N) is 1. The van der Waals surface area contributed by atoms with Gasteiger partial charge in [-0.1, -0.05) is 13.8 Å². The fourth-order valence-corrected chi connectivity index (χ4v) is 2.42. The van der Waals surface area contributed by atoms with Crippen molar-refractivity contribution in [1.29, 1.82) is 0 Å². The van der Waals surface area contributed by atoms with Gasteiger partial charge in [0, 0.05) is 24.9 Å². The summed E-state index contributed by atoms with van der Waals surface area (Å²) < 4.78 is 7.72. The molecule has 2 heterocycles. The Morgan fingerprint density at radius 2 is 2.53 bits per heavy atom. The lowest BCUT2D eigenvalue weighted by Gasteiger charge is -2.24. The smallest absolute Gasteiger partial charge is 0.0810 e. The number of nitrogens with two attached hydrogens (primary N) is 1. The molecule has 0 amide bonds. The number of aromatic nitrogens is 2. The summed E-state index contributed by atoms with van der Waals surface area (Å²) in [4.78, 5) is 0. The van der Waals surface area contributed by atoms with Gasteiger partial charge in [-0.2, -0.15) is 5.10 Å². The monoisotopic (exact) mass is 238 g/mol. The van der Waals surface area contributed by atoms with E-state index in [-0.39, 0.29) is 12.1 Å². The minimum Gasteiger partial charge on any atom is -0.376 e. The second kappa shape index (κ2) is 5.62. The van der Waals surface area contributed by atoms with E-state index in [9.17, 15) is 0 Å². The van der Waals surface area contributed by atoms with Crippen LogP contribution in [-0.2, 0) is 11.3 Å². The predicted molar refractivity (Wildman–Crippen MR) is 66.1 cm³/mol. The molecule has 3 N–H and O–H groups in total. The van der Waals surface area contributed by atoms with Crippen molar-refractivity contribution in [3.63, 3.8) is 0 Å². The van der Waals surface area contributed by atoms with E-state index in [4.69, 9.17) is 10.6 Å². The molecule has 5 heteroatoms. The number of rotatable bonds is 5. The Morgan fingerprint density at radius 1 is 1.71 bits per heavy atom. The minimum absolute atomic E-state index is 0.0399. The van der Waals surface area contributed by atoms with E-state index in [1.165, 1.54) is 0 Å². The van der Waals surface area contributed by atoms with Crippen molar-refractivity contribution in [2.75, 3.05) is 6.61 Å². The van der Waals surface area contributed by atoms with Gasteiger partial charge in [-0.15, -0.1) is 0 Å². The van der Waals surface area contributed by atoms with Crippen LogP contribution >= 0.6 is 0 Å². The lowest BCUT2D eigenvalue weighted by atomic mass is 9.95. The molecular formula is C12H22N4O. The summed E-state index contributed by atoms with van der Waals surface area (Å²) in [5.41, 5.74) is 3.98. The lowest BCUT2D eigenvalue weighted by Crippen LogP contribution is -2.38. The second-order valence-electron chi connectivity index (χ2n) is 4.78. The second-order valence-corrected chi connectivity index (χ2v) is 4.78. The molecule has 3 unspecified atom stereocenters. The van der Waals surface area contributed by atoms with Crippen LogP contribution in [0, 0.1) is 5.92 Å². The van der Waals surface area contributed by atoms with E-state index in [0.717, 1.165) is 31.6 Å². The van der Waals surface area contributed by atoms with Crippen LogP contribution in [0.5, 0.6) is 0 Å². The van der Waals surface area contributed by atoms with Gasteiger partial charge in [-0.05, 0) is 18.8 Å². The molecule has 0 saturated carbocycles. The van der Waals surface area contributed by atoms with Crippen LogP contribution in [0.3, 0.4) is 0 Å². The zero-order chi connectivity index (χ0) is 12.3. The Hall–Kier alpha value is -0.910. The molecular weight excluding hydrogens is 216 g/mol.